The molecule has 1 amide bonds. The maximum atomic E-state index is 12.6. The molecule has 0 saturated carbocycles. The molecule has 2 heterocycles. The van der Waals surface area contributed by atoms with Crippen molar-refractivity contribution >= 4 is 51.5 Å². The normalized spacial score (nSPS) is 12.9. The molecule has 3 aromatic rings. The summed E-state index contributed by atoms with van der Waals surface area (Å²) in [5.41, 5.74) is 2.10. The molecule has 0 saturated heterocycles. The molecule has 4 rings (SSSR count). The number of hydrogen-bond acceptors (Lipinski definition) is 5. The van der Waals surface area contributed by atoms with Crippen molar-refractivity contribution < 1.29 is 19.1 Å². The van der Waals surface area contributed by atoms with E-state index in [1.54, 1.807) is 24.3 Å². The molecule has 142 valence electrons. The summed E-state index contributed by atoms with van der Waals surface area (Å²) in [6.45, 7) is 1.55. The van der Waals surface area contributed by atoms with E-state index in [-0.39, 0.29) is 29.9 Å². The minimum absolute atomic E-state index is 0.0437. The Balaban J connectivity index is 1.60. The molecule has 1 aromatic heterocycles. The summed E-state index contributed by atoms with van der Waals surface area (Å²) < 4.78 is 11.0. The molecule has 0 atom stereocenters. The minimum Gasteiger partial charge on any atom is -0.482 e. The fraction of sp³-hybridized carbons (Fsp3) is 0.150. The second kappa shape index (κ2) is 7.30. The lowest BCUT2D eigenvalue weighted by atomic mass is 10.1. The van der Waals surface area contributed by atoms with E-state index in [2.05, 4.69) is 10.3 Å². The van der Waals surface area contributed by atoms with E-state index in [0.717, 1.165) is 5.69 Å². The van der Waals surface area contributed by atoms with Gasteiger partial charge in [0, 0.05) is 16.6 Å². The van der Waals surface area contributed by atoms with Crippen LogP contribution in [-0.2, 0) is 4.79 Å². The fourth-order valence-electron chi connectivity index (χ4n) is 2.91. The van der Waals surface area contributed by atoms with Gasteiger partial charge in [-0.25, -0.2) is 4.98 Å². The number of pyridine rings is 1. The van der Waals surface area contributed by atoms with Crippen LogP contribution in [0.1, 0.15) is 16.1 Å². The van der Waals surface area contributed by atoms with Gasteiger partial charge in [0.25, 0.3) is 5.91 Å². The predicted molar refractivity (Wildman–Crippen MR) is 107 cm³/mol. The monoisotopic (exact) mass is 416 g/mol. The highest BCUT2D eigenvalue weighted by Gasteiger charge is 2.19. The molecule has 0 spiro atoms. The molecule has 0 unspecified atom stereocenters. The molecule has 1 N–H and O–H groups in total. The number of aromatic nitrogens is 1. The number of amides is 1. The molecule has 2 aromatic carbocycles. The summed E-state index contributed by atoms with van der Waals surface area (Å²) in [7, 11) is 0. The number of fused-ring (bicyclic) bond motifs is 2. The van der Waals surface area contributed by atoms with E-state index in [9.17, 15) is 9.59 Å². The Kier molecular flexibility index (Phi) is 4.83. The first-order chi connectivity index (χ1) is 13.4. The molecule has 0 fully saturated rings. The van der Waals surface area contributed by atoms with E-state index in [1.165, 1.54) is 0 Å². The van der Waals surface area contributed by atoms with Gasteiger partial charge >= 0.3 is 0 Å². The first kappa shape index (κ1) is 18.5. The van der Waals surface area contributed by atoms with Gasteiger partial charge in [-0.05, 0) is 43.3 Å². The number of carbonyl (C=O) groups is 2. The lowest BCUT2D eigenvalue weighted by Crippen LogP contribution is -2.25. The van der Waals surface area contributed by atoms with Crippen LogP contribution < -0.4 is 14.8 Å². The number of anilines is 1. The Hall–Kier alpha value is -2.83. The summed E-state index contributed by atoms with van der Waals surface area (Å²) >= 11 is 12.5. The summed E-state index contributed by atoms with van der Waals surface area (Å²) in [5, 5.41) is 4.09. The van der Waals surface area contributed by atoms with Gasteiger partial charge in [0.2, 0.25) is 0 Å². The van der Waals surface area contributed by atoms with Crippen molar-refractivity contribution in [2.24, 2.45) is 0 Å². The van der Waals surface area contributed by atoms with Crippen LogP contribution in [-0.4, -0.2) is 29.9 Å². The Morgan fingerprint density at radius 2 is 2.04 bits per heavy atom. The van der Waals surface area contributed by atoms with Gasteiger partial charge in [-0.15, -0.1) is 0 Å². The molecular formula is C20H14Cl2N2O4. The van der Waals surface area contributed by atoms with Crippen LogP contribution >= 0.6 is 23.2 Å². The molecule has 0 aliphatic carbocycles. The maximum Gasteiger partial charge on any atom is 0.262 e. The average molecular weight is 417 g/mol. The number of halogens is 2. The highest BCUT2D eigenvalue weighted by molar-refractivity contribution is 6.39. The number of ketones is 1. The van der Waals surface area contributed by atoms with Crippen LogP contribution in [0.4, 0.5) is 5.69 Å². The third-order valence-electron chi connectivity index (χ3n) is 4.26. The number of nitrogens with zero attached hydrogens (tertiary/aromatic N) is 1. The van der Waals surface area contributed by atoms with Crippen LogP contribution in [0.5, 0.6) is 11.5 Å². The van der Waals surface area contributed by atoms with Crippen molar-refractivity contribution in [3.8, 4) is 11.5 Å². The van der Waals surface area contributed by atoms with Gasteiger partial charge in [0.15, 0.2) is 24.7 Å². The molecule has 6 nitrogen and oxygen atoms in total. The van der Waals surface area contributed by atoms with Crippen LogP contribution in [0.15, 0.2) is 36.4 Å². The highest BCUT2D eigenvalue weighted by Crippen LogP contribution is 2.37. The maximum absolute atomic E-state index is 12.6. The van der Waals surface area contributed by atoms with E-state index < -0.39 is 0 Å². The number of benzene rings is 2. The first-order valence-corrected chi connectivity index (χ1v) is 9.16. The second-order valence-corrected chi connectivity index (χ2v) is 7.09. The Morgan fingerprint density at radius 1 is 1.21 bits per heavy atom. The molecule has 8 heteroatoms. The topological polar surface area (TPSA) is 77.5 Å². The van der Waals surface area contributed by atoms with Crippen LogP contribution in [0, 0.1) is 6.92 Å². The molecule has 1 aliphatic rings. The third kappa shape index (κ3) is 3.48. The van der Waals surface area contributed by atoms with E-state index >= 15 is 0 Å². The van der Waals surface area contributed by atoms with Gasteiger partial charge < -0.3 is 14.8 Å². The molecule has 28 heavy (non-hydrogen) atoms. The fourth-order valence-corrected chi connectivity index (χ4v) is 3.48. The van der Waals surface area contributed by atoms with E-state index in [4.69, 9.17) is 32.7 Å². The van der Waals surface area contributed by atoms with Gasteiger partial charge in [-0.3, -0.25) is 9.59 Å². The SMILES string of the molecule is Cc1ccc2c(Cl)cc(Cl)c(OCC(=O)c3ccc4c(c3)NC(=O)CO4)c2n1. The zero-order valence-electron chi connectivity index (χ0n) is 14.7. The second-order valence-electron chi connectivity index (χ2n) is 6.28. The molecule has 0 bridgehead atoms. The number of rotatable bonds is 4. The summed E-state index contributed by atoms with van der Waals surface area (Å²) in [6.07, 6.45) is 0. The van der Waals surface area contributed by atoms with Crippen molar-refractivity contribution in [1.29, 1.82) is 0 Å². The summed E-state index contributed by atoms with van der Waals surface area (Å²) in [6, 6.07) is 10.0. The Morgan fingerprint density at radius 3 is 2.86 bits per heavy atom. The standard InChI is InChI=1S/C20H14Cl2N2O4/c1-10-2-4-12-13(21)7-14(22)20(19(12)23-10)28-8-16(25)11-3-5-17-15(6-11)24-18(26)9-27-17/h2-7H,8-9H2,1H3,(H,24,26). The van der Waals surface area contributed by atoms with Crippen LogP contribution in [0.2, 0.25) is 10.0 Å². The largest absolute Gasteiger partial charge is 0.482 e. The number of Topliss-reactive ketones (excluding diaryl/α,β-unsaturated/α-hetero) is 1. The molecule has 1 aliphatic heterocycles. The smallest absolute Gasteiger partial charge is 0.262 e. The number of aryl methyl sites for hydroxylation is 1. The third-order valence-corrected chi connectivity index (χ3v) is 4.85. The highest BCUT2D eigenvalue weighted by atomic mass is 35.5. The van der Waals surface area contributed by atoms with Crippen molar-refractivity contribution in [2.75, 3.05) is 18.5 Å². The first-order valence-electron chi connectivity index (χ1n) is 8.40. The number of ether oxygens (including phenoxy) is 2. The Labute approximate surface area is 170 Å². The zero-order chi connectivity index (χ0) is 19.8. The lowest BCUT2D eigenvalue weighted by Gasteiger charge is -2.18. The van der Waals surface area contributed by atoms with Crippen molar-refractivity contribution in [3.63, 3.8) is 0 Å². The van der Waals surface area contributed by atoms with Gasteiger partial charge in [0.05, 0.1) is 15.7 Å². The average Bonchev–Trinajstić information content (AvgIpc) is 2.66. The van der Waals surface area contributed by atoms with Crippen LogP contribution in [0.3, 0.4) is 0 Å². The van der Waals surface area contributed by atoms with Crippen molar-refractivity contribution in [1.82, 2.24) is 4.98 Å². The van der Waals surface area contributed by atoms with Gasteiger partial charge in [-0.2, -0.15) is 0 Å². The summed E-state index contributed by atoms with van der Waals surface area (Å²) in [5.74, 6) is 0.264. The number of nitrogens with one attached hydrogen (secondary N) is 1. The predicted octanol–water partition coefficient (Wildman–Crippen LogP) is 4.44. The zero-order valence-corrected chi connectivity index (χ0v) is 16.2. The Bertz CT molecular complexity index is 1130. The molecular weight excluding hydrogens is 403 g/mol. The number of hydrogen-bond donors (Lipinski definition) is 1. The summed E-state index contributed by atoms with van der Waals surface area (Å²) in [4.78, 5) is 28.5. The van der Waals surface area contributed by atoms with Crippen molar-refractivity contribution in [3.05, 3.63) is 57.7 Å². The minimum atomic E-state index is -0.283. The van der Waals surface area contributed by atoms with Gasteiger partial charge in [-0.1, -0.05) is 23.2 Å². The van der Waals surface area contributed by atoms with Crippen LogP contribution in [0.25, 0.3) is 10.9 Å². The van der Waals surface area contributed by atoms with Gasteiger partial charge in [0.1, 0.15) is 11.3 Å². The lowest BCUT2D eigenvalue weighted by molar-refractivity contribution is -0.118. The molecule has 0 radical (unpaired) electrons. The van der Waals surface area contributed by atoms with Crippen molar-refractivity contribution in [2.45, 2.75) is 6.92 Å². The number of carbonyl (C=O) groups excluding carboxylic acids is 2. The van der Waals surface area contributed by atoms with E-state index in [0.29, 0.717) is 38.7 Å². The quantitative estimate of drug-likeness (QED) is 0.635. The van der Waals surface area contributed by atoms with E-state index in [1.807, 2.05) is 19.1 Å².